The van der Waals surface area contributed by atoms with Crippen LogP contribution < -0.4 is 16.4 Å². The summed E-state index contributed by atoms with van der Waals surface area (Å²) in [7, 11) is 0. The number of alkyl halides is 3. The van der Waals surface area contributed by atoms with Crippen molar-refractivity contribution in [2.24, 2.45) is 0 Å². The van der Waals surface area contributed by atoms with E-state index >= 15 is 0 Å². The van der Waals surface area contributed by atoms with Crippen LogP contribution in [-0.2, 0) is 6.18 Å². The summed E-state index contributed by atoms with van der Waals surface area (Å²) >= 11 is 0. The van der Waals surface area contributed by atoms with E-state index < -0.39 is 17.5 Å². The molecule has 0 bridgehead atoms. The first kappa shape index (κ1) is 14.5. The zero-order chi connectivity index (χ0) is 13.8. The van der Waals surface area contributed by atoms with E-state index in [2.05, 4.69) is 16.4 Å². The second-order valence-corrected chi connectivity index (χ2v) is 3.56. The van der Waals surface area contributed by atoms with Gasteiger partial charge in [-0.05, 0) is 19.1 Å². The molecule has 0 fully saturated rings. The molecule has 0 saturated carbocycles. The Morgan fingerprint density at radius 2 is 2.00 bits per heavy atom. The predicted octanol–water partition coefficient (Wildman–Crippen LogP) is 2.35. The highest BCUT2D eigenvalue weighted by atomic mass is 19.4. The topological polar surface area (TPSA) is 53.2 Å². The number of anilines is 1. The molecule has 100 valence electrons. The van der Waals surface area contributed by atoms with Gasteiger partial charge in [0, 0.05) is 6.54 Å². The average Bonchev–Trinajstić information content (AvgIpc) is 2.27. The van der Waals surface area contributed by atoms with Gasteiger partial charge in [-0.2, -0.15) is 18.7 Å². The molecule has 0 saturated heterocycles. The Balaban J connectivity index is 3.14. The molecule has 0 radical (unpaired) electrons. The van der Waals surface area contributed by atoms with Crippen LogP contribution in [0.15, 0.2) is 18.2 Å². The lowest BCUT2D eigenvalue weighted by Crippen LogP contribution is -2.37. The minimum absolute atomic E-state index is 0.0817. The summed E-state index contributed by atoms with van der Waals surface area (Å²) in [5, 5.41) is 0. The monoisotopic (exact) mass is 261 g/mol. The van der Waals surface area contributed by atoms with Crippen LogP contribution >= 0.6 is 0 Å². The second kappa shape index (κ2) is 5.83. The maximum atomic E-state index is 12.8. The number of Topliss-reactive ketones (excluding diaryl/α,β-unsaturated/α-hetero) is 1. The molecule has 0 aliphatic rings. The lowest BCUT2D eigenvalue weighted by molar-refractivity contribution is -0.137. The van der Waals surface area contributed by atoms with Crippen molar-refractivity contribution in [2.75, 3.05) is 12.0 Å². The number of carbonyl (C=O) groups excluding carboxylic acids is 1. The minimum Gasteiger partial charge on any atom is -0.307 e. The van der Waals surface area contributed by atoms with Crippen LogP contribution in [0.4, 0.5) is 18.9 Å². The molecule has 0 aliphatic carbocycles. The Hall–Kier alpha value is -1.60. The highest BCUT2D eigenvalue weighted by molar-refractivity contribution is 6.01. The lowest BCUT2D eigenvalue weighted by Gasteiger charge is -2.16. The first-order chi connectivity index (χ1) is 8.38. The van der Waals surface area contributed by atoms with Crippen LogP contribution in [0.25, 0.3) is 0 Å². The van der Waals surface area contributed by atoms with E-state index in [1.807, 2.05) is 6.92 Å². The van der Waals surface area contributed by atoms with Gasteiger partial charge >= 0.3 is 6.18 Å². The predicted molar refractivity (Wildman–Crippen MR) is 61.9 cm³/mol. The number of hydrazine groups is 2. The number of rotatable bonds is 5. The van der Waals surface area contributed by atoms with Gasteiger partial charge in [0.05, 0.1) is 16.8 Å². The number of nitrogens with one attached hydrogen (secondary N) is 3. The number of hydrogen-bond donors (Lipinski definition) is 3. The summed E-state index contributed by atoms with van der Waals surface area (Å²) < 4.78 is 38.3. The fourth-order valence-electron chi connectivity index (χ4n) is 1.47. The van der Waals surface area contributed by atoms with E-state index in [0.717, 1.165) is 13.0 Å². The first-order valence-electron chi connectivity index (χ1n) is 5.33. The Morgan fingerprint density at radius 3 is 2.50 bits per heavy atom. The maximum absolute atomic E-state index is 12.8. The number of carbonyl (C=O) groups is 1. The van der Waals surface area contributed by atoms with Crippen molar-refractivity contribution >= 4 is 11.5 Å². The van der Waals surface area contributed by atoms with E-state index in [-0.39, 0.29) is 11.3 Å². The summed E-state index contributed by atoms with van der Waals surface area (Å²) in [5.41, 5.74) is 6.46. The van der Waals surface area contributed by atoms with Crippen LogP contribution in [0.3, 0.4) is 0 Å². The summed E-state index contributed by atoms with van der Waals surface area (Å²) in [6.07, 6.45) is -4.56. The van der Waals surface area contributed by atoms with Crippen molar-refractivity contribution in [1.29, 1.82) is 0 Å². The van der Waals surface area contributed by atoms with Gasteiger partial charge in [-0.3, -0.25) is 4.79 Å². The third-order valence-electron chi connectivity index (χ3n) is 2.18. The van der Waals surface area contributed by atoms with E-state index in [0.29, 0.717) is 6.54 Å². The molecule has 0 aliphatic heterocycles. The third-order valence-corrected chi connectivity index (χ3v) is 2.18. The standard InChI is InChI=1S/C11H14F3N3O/c1-3-15-17-16-9-6-4-5-8(11(12,13)14)10(9)7(2)18/h4-6,15-17H,3H2,1-2H3. The van der Waals surface area contributed by atoms with Gasteiger partial charge in [0.15, 0.2) is 5.78 Å². The summed E-state index contributed by atoms with van der Waals surface area (Å²) in [6, 6.07) is 3.52. The maximum Gasteiger partial charge on any atom is 0.417 e. The summed E-state index contributed by atoms with van der Waals surface area (Å²) in [6.45, 7) is 3.48. The zero-order valence-corrected chi connectivity index (χ0v) is 9.98. The van der Waals surface area contributed by atoms with Crippen LogP contribution in [0.5, 0.6) is 0 Å². The highest BCUT2D eigenvalue weighted by Crippen LogP contribution is 2.35. The minimum atomic E-state index is -4.56. The molecule has 7 heteroatoms. The number of halogens is 3. The normalized spacial score (nSPS) is 11.4. The molecule has 0 unspecified atom stereocenters. The molecule has 0 spiro atoms. The van der Waals surface area contributed by atoms with Gasteiger partial charge in [0.2, 0.25) is 0 Å². The molecule has 3 N–H and O–H groups in total. The largest absolute Gasteiger partial charge is 0.417 e. The molecular formula is C11H14F3N3O. The third kappa shape index (κ3) is 3.44. The van der Waals surface area contributed by atoms with E-state index in [9.17, 15) is 18.0 Å². The van der Waals surface area contributed by atoms with Crippen LogP contribution in [0.1, 0.15) is 29.8 Å². The van der Waals surface area contributed by atoms with Gasteiger partial charge in [0.25, 0.3) is 0 Å². The molecule has 18 heavy (non-hydrogen) atoms. The van der Waals surface area contributed by atoms with E-state index in [1.165, 1.54) is 12.1 Å². The Kier molecular flexibility index (Phi) is 4.69. The van der Waals surface area contributed by atoms with Crippen molar-refractivity contribution in [3.05, 3.63) is 29.3 Å². The van der Waals surface area contributed by atoms with Gasteiger partial charge in [-0.1, -0.05) is 13.0 Å². The summed E-state index contributed by atoms with van der Waals surface area (Å²) in [5.74, 6) is -0.649. The second-order valence-electron chi connectivity index (χ2n) is 3.56. The quantitative estimate of drug-likeness (QED) is 0.432. The van der Waals surface area contributed by atoms with Crippen LogP contribution in [0.2, 0.25) is 0 Å². The number of hydrogen-bond acceptors (Lipinski definition) is 4. The highest BCUT2D eigenvalue weighted by Gasteiger charge is 2.35. The van der Waals surface area contributed by atoms with Crippen molar-refractivity contribution in [3.8, 4) is 0 Å². The molecular weight excluding hydrogens is 247 g/mol. The van der Waals surface area contributed by atoms with Crippen molar-refractivity contribution < 1.29 is 18.0 Å². The molecule has 1 aromatic rings. The fourth-order valence-corrected chi connectivity index (χ4v) is 1.47. The molecule has 0 atom stereocenters. The van der Waals surface area contributed by atoms with E-state index in [4.69, 9.17) is 0 Å². The smallest absolute Gasteiger partial charge is 0.307 e. The Bertz CT molecular complexity index is 432. The zero-order valence-electron chi connectivity index (χ0n) is 9.98. The fraction of sp³-hybridized carbons (Fsp3) is 0.364. The molecule has 0 aromatic heterocycles. The number of ketones is 1. The molecule has 4 nitrogen and oxygen atoms in total. The van der Waals surface area contributed by atoms with Crippen LogP contribution in [-0.4, -0.2) is 12.3 Å². The van der Waals surface area contributed by atoms with Crippen molar-refractivity contribution in [2.45, 2.75) is 20.0 Å². The van der Waals surface area contributed by atoms with Gasteiger partial charge in [-0.25, -0.2) is 5.43 Å². The molecule has 1 rings (SSSR count). The molecule has 0 amide bonds. The van der Waals surface area contributed by atoms with Crippen molar-refractivity contribution in [1.82, 2.24) is 11.0 Å². The first-order valence-corrected chi connectivity index (χ1v) is 5.33. The molecule has 0 heterocycles. The van der Waals surface area contributed by atoms with Gasteiger partial charge < -0.3 is 5.43 Å². The van der Waals surface area contributed by atoms with Crippen LogP contribution in [0, 0.1) is 0 Å². The molecule has 1 aromatic carbocycles. The average molecular weight is 261 g/mol. The SMILES string of the molecule is CCNNNc1cccc(C(F)(F)F)c1C(C)=O. The van der Waals surface area contributed by atoms with E-state index in [1.54, 1.807) is 0 Å². The van der Waals surface area contributed by atoms with Gasteiger partial charge in [-0.15, -0.1) is 0 Å². The number of benzene rings is 1. The van der Waals surface area contributed by atoms with Gasteiger partial charge in [0.1, 0.15) is 0 Å². The Labute approximate surface area is 103 Å². The summed E-state index contributed by atoms with van der Waals surface area (Å²) in [4.78, 5) is 11.4. The Morgan fingerprint density at radius 1 is 1.33 bits per heavy atom. The lowest BCUT2D eigenvalue weighted by atomic mass is 10.0. The van der Waals surface area contributed by atoms with Crippen molar-refractivity contribution in [3.63, 3.8) is 0 Å².